The molecular weight excluding hydrogens is 290 g/mol. The van der Waals surface area contributed by atoms with E-state index in [1.807, 2.05) is 54.3 Å². The first-order valence-corrected chi connectivity index (χ1v) is 7.80. The number of morpholine rings is 1. The zero-order valence-electron chi connectivity index (χ0n) is 13.4. The van der Waals surface area contributed by atoms with Gasteiger partial charge in [-0.25, -0.2) is 0 Å². The molecule has 0 aromatic heterocycles. The third kappa shape index (κ3) is 3.37. The van der Waals surface area contributed by atoms with Crippen LogP contribution in [-0.2, 0) is 4.74 Å². The van der Waals surface area contributed by atoms with E-state index in [-0.39, 0.29) is 18.1 Å². The zero-order valence-corrected chi connectivity index (χ0v) is 13.4. The lowest BCUT2D eigenvalue weighted by molar-refractivity contribution is -0.0486. The molecule has 3 rings (SSSR count). The molecule has 4 heteroatoms. The van der Waals surface area contributed by atoms with Gasteiger partial charge in [-0.2, -0.15) is 0 Å². The Morgan fingerprint density at radius 2 is 1.83 bits per heavy atom. The zero-order chi connectivity index (χ0) is 16.2. The van der Waals surface area contributed by atoms with Gasteiger partial charge in [0, 0.05) is 5.56 Å². The molecule has 2 aromatic carbocycles. The SMILES string of the molecule is COc1ccc(C(=O)N2CC(c3ccccc3)OCC2C)cc1. The molecule has 1 saturated heterocycles. The average molecular weight is 311 g/mol. The quantitative estimate of drug-likeness (QED) is 0.873. The standard InChI is InChI=1S/C19H21NO3/c1-14-13-23-18(15-6-4-3-5-7-15)12-20(14)19(21)16-8-10-17(22-2)11-9-16/h3-11,14,18H,12-13H2,1-2H3. The number of ether oxygens (including phenoxy) is 2. The van der Waals surface area contributed by atoms with Crippen molar-refractivity contribution in [1.82, 2.24) is 4.90 Å². The first-order valence-electron chi connectivity index (χ1n) is 7.80. The van der Waals surface area contributed by atoms with Crippen LogP contribution in [0.25, 0.3) is 0 Å². The average Bonchev–Trinajstić information content (AvgIpc) is 2.62. The van der Waals surface area contributed by atoms with Crippen molar-refractivity contribution >= 4 is 5.91 Å². The van der Waals surface area contributed by atoms with Crippen molar-refractivity contribution in [1.29, 1.82) is 0 Å². The molecule has 1 amide bonds. The number of hydrogen-bond acceptors (Lipinski definition) is 3. The Labute approximate surface area is 136 Å². The first-order chi connectivity index (χ1) is 11.2. The van der Waals surface area contributed by atoms with E-state index in [1.165, 1.54) is 0 Å². The Kier molecular flexibility index (Phi) is 4.63. The summed E-state index contributed by atoms with van der Waals surface area (Å²) in [6, 6.07) is 17.3. The van der Waals surface area contributed by atoms with Crippen molar-refractivity contribution in [2.45, 2.75) is 19.1 Å². The fourth-order valence-electron chi connectivity index (χ4n) is 2.81. The summed E-state index contributed by atoms with van der Waals surface area (Å²) in [6.07, 6.45) is -0.0744. The Hall–Kier alpha value is -2.33. The van der Waals surface area contributed by atoms with Gasteiger partial charge in [0.05, 0.1) is 26.3 Å². The Bertz CT molecular complexity index is 654. The smallest absolute Gasteiger partial charge is 0.254 e. The molecule has 0 bridgehead atoms. The van der Waals surface area contributed by atoms with Gasteiger partial charge in [-0.15, -0.1) is 0 Å². The Morgan fingerprint density at radius 1 is 1.13 bits per heavy atom. The van der Waals surface area contributed by atoms with E-state index in [0.29, 0.717) is 18.7 Å². The molecule has 1 heterocycles. The van der Waals surface area contributed by atoms with Gasteiger partial charge in [0.25, 0.3) is 5.91 Å². The summed E-state index contributed by atoms with van der Waals surface area (Å²) in [7, 11) is 1.62. The maximum absolute atomic E-state index is 12.8. The van der Waals surface area contributed by atoms with E-state index in [2.05, 4.69) is 0 Å². The first kappa shape index (κ1) is 15.6. The van der Waals surface area contributed by atoms with Gasteiger partial charge in [0.1, 0.15) is 11.9 Å². The molecule has 0 spiro atoms. The highest BCUT2D eigenvalue weighted by molar-refractivity contribution is 5.94. The highest BCUT2D eigenvalue weighted by atomic mass is 16.5. The minimum atomic E-state index is -0.0744. The minimum absolute atomic E-state index is 0.0318. The van der Waals surface area contributed by atoms with Gasteiger partial charge in [-0.3, -0.25) is 4.79 Å². The predicted octanol–water partition coefficient (Wildman–Crippen LogP) is 3.30. The summed E-state index contributed by atoms with van der Waals surface area (Å²) in [6.45, 7) is 3.13. The van der Waals surface area contributed by atoms with Gasteiger partial charge in [0.15, 0.2) is 0 Å². The topological polar surface area (TPSA) is 38.8 Å². The minimum Gasteiger partial charge on any atom is -0.497 e. The van der Waals surface area contributed by atoms with Crippen LogP contribution in [0.3, 0.4) is 0 Å². The lowest BCUT2D eigenvalue weighted by atomic mass is 10.0. The summed E-state index contributed by atoms with van der Waals surface area (Å²) in [5.74, 6) is 0.781. The normalized spacial score (nSPS) is 21.0. The molecule has 0 radical (unpaired) electrons. The van der Waals surface area contributed by atoms with Gasteiger partial charge < -0.3 is 14.4 Å². The van der Waals surface area contributed by atoms with Gasteiger partial charge in [0.2, 0.25) is 0 Å². The summed E-state index contributed by atoms with van der Waals surface area (Å²) in [4.78, 5) is 14.7. The number of amides is 1. The van der Waals surface area contributed by atoms with E-state index >= 15 is 0 Å². The molecule has 2 unspecified atom stereocenters. The molecule has 2 aromatic rings. The lowest BCUT2D eigenvalue weighted by Gasteiger charge is -2.38. The molecule has 1 fully saturated rings. The molecule has 0 saturated carbocycles. The molecule has 120 valence electrons. The number of methoxy groups -OCH3 is 1. The molecule has 23 heavy (non-hydrogen) atoms. The second kappa shape index (κ2) is 6.84. The van der Waals surface area contributed by atoms with Crippen molar-refractivity contribution in [3.8, 4) is 5.75 Å². The monoisotopic (exact) mass is 311 g/mol. The highest BCUT2D eigenvalue weighted by Gasteiger charge is 2.30. The lowest BCUT2D eigenvalue weighted by Crippen LogP contribution is -2.48. The molecule has 2 atom stereocenters. The second-order valence-electron chi connectivity index (χ2n) is 5.77. The van der Waals surface area contributed by atoms with Gasteiger partial charge >= 0.3 is 0 Å². The molecule has 0 N–H and O–H groups in total. The predicted molar refractivity (Wildman–Crippen MR) is 88.6 cm³/mol. The summed E-state index contributed by atoms with van der Waals surface area (Å²) >= 11 is 0. The van der Waals surface area contributed by atoms with Crippen molar-refractivity contribution < 1.29 is 14.3 Å². The molecule has 1 aliphatic heterocycles. The number of rotatable bonds is 3. The van der Waals surface area contributed by atoms with Crippen LogP contribution in [0.2, 0.25) is 0 Å². The summed E-state index contributed by atoms with van der Waals surface area (Å²) in [5, 5.41) is 0. The third-order valence-electron chi connectivity index (χ3n) is 4.20. The van der Waals surface area contributed by atoms with Crippen LogP contribution in [0.5, 0.6) is 5.75 Å². The Balaban J connectivity index is 1.77. The van der Waals surface area contributed by atoms with Crippen molar-refractivity contribution in [3.63, 3.8) is 0 Å². The van der Waals surface area contributed by atoms with Crippen LogP contribution in [0, 0.1) is 0 Å². The van der Waals surface area contributed by atoms with E-state index in [1.54, 1.807) is 19.2 Å². The van der Waals surface area contributed by atoms with E-state index in [9.17, 15) is 4.79 Å². The molecule has 4 nitrogen and oxygen atoms in total. The van der Waals surface area contributed by atoms with Crippen LogP contribution in [0.4, 0.5) is 0 Å². The van der Waals surface area contributed by atoms with E-state index in [0.717, 1.165) is 11.3 Å². The maximum Gasteiger partial charge on any atom is 0.254 e. The van der Waals surface area contributed by atoms with Crippen LogP contribution < -0.4 is 4.74 Å². The van der Waals surface area contributed by atoms with Crippen LogP contribution in [0.15, 0.2) is 54.6 Å². The number of carbonyl (C=O) groups is 1. The molecule has 1 aliphatic rings. The largest absolute Gasteiger partial charge is 0.497 e. The fraction of sp³-hybridized carbons (Fsp3) is 0.316. The van der Waals surface area contributed by atoms with Crippen LogP contribution >= 0.6 is 0 Å². The van der Waals surface area contributed by atoms with E-state index in [4.69, 9.17) is 9.47 Å². The maximum atomic E-state index is 12.8. The number of hydrogen-bond donors (Lipinski definition) is 0. The fourth-order valence-corrected chi connectivity index (χ4v) is 2.81. The molecular formula is C19H21NO3. The second-order valence-corrected chi connectivity index (χ2v) is 5.77. The number of nitrogens with zero attached hydrogens (tertiary/aromatic N) is 1. The van der Waals surface area contributed by atoms with Crippen molar-refractivity contribution in [2.75, 3.05) is 20.3 Å². The third-order valence-corrected chi connectivity index (χ3v) is 4.20. The van der Waals surface area contributed by atoms with Crippen LogP contribution in [-0.4, -0.2) is 37.1 Å². The van der Waals surface area contributed by atoms with Gasteiger partial charge in [-0.05, 0) is 36.8 Å². The van der Waals surface area contributed by atoms with Crippen molar-refractivity contribution in [3.05, 3.63) is 65.7 Å². The highest BCUT2D eigenvalue weighted by Crippen LogP contribution is 2.26. The number of carbonyl (C=O) groups excluding carboxylic acids is 1. The summed E-state index contributed by atoms with van der Waals surface area (Å²) in [5.41, 5.74) is 1.78. The number of benzene rings is 2. The van der Waals surface area contributed by atoms with E-state index < -0.39 is 0 Å². The Morgan fingerprint density at radius 3 is 2.48 bits per heavy atom. The van der Waals surface area contributed by atoms with Gasteiger partial charge in [-0.1, -0.05) is 30.3 Å². The van der Waals surface area contributed by atoms with Crippen molar-refractivity contribution in [2.24, 2.45) is 0 Å². The molecule has 0 aliphatic carbocycles. The summed E-state index contributed by atoms with van der Waals surface area (Å²) < 4.78 is 11.1. The van der Waals surface area contributed by atoms with Crippen LogP contribution in [0.1, 0.15) is 28.9 Å².